The van der Waals surface area contributed by atoms with Gasteiger partial charge in [0.05, 0.1) is 20.7 Å². The first kappa shape index (κ1) is 15.5. The van der Waals surface area contributed by atoms with Crippen molar-refractivity contribution in [1.82, 2.24) is 0 Å². The first-order valence-electron chi connectivity index (χ1n) is 5.04. The van der Waals surface area contributed by atoms with Crippen molar-refractivity contribution in [3.05, 3.63) is 28.2 Å². The van der Waals surface area contributed by atoms with Gasteiger partial charge in [-0.15, -0.1) is 0 Å². The number of hydrogen-bond acceptors (Lipinski definition) is 3. The fraction of sp³-hybridized carbons (Fsp3) is 0.300. The lowest BCUT2D eigenvalue weighted by atomic mass is 10.3. The summed E-state index contributed by atoms with van der Waals surface area (Å²) in [5, 5.41) is -0.303. The maximum atomic E-state index is 12.0. The molecule has 0 radical (unpaired) electrons. The molecule has 0 bridgehead atoms. The Bertz CT molecular complexity index is 561. The van der Waals surface area contributed by atoms with E-state index in [1.54, 1.807) is 6.92 Å². The van der Waals surface area contributed by atoms with Crippen LogP contribution in [-0.2, 0) is 10.0 Å². The number of thiocarbonyl (C=S) groups is 1. The highest BCUT2D eigenvalue weighted by molar-refractivity contribution is 7.95. The van der Waals surface area contributed by atoms with Crippen LogP contribution < -0.4 is 10.5 Å². The summed E-state index contributed by atoms with van der Waals surface area (Å²) in [5.41, 5.74) is 5.72. The molecular formula is C10H12Cl2N2O2S2. The first-order chi connectivity index (χ1) is 8.27. The van der Waals surface area contributed by atoms with Crippen molar-refractivity contribution < 1.29 is 8.42 Å². The molecule has 0 aliphatic carbocycles. The van der Waals surface area contributed by atoms with E-state index < -0.39 is 15.3 Å². The molecule has 0 fully saturated rings. The molecule has 1 atom stereocenters. The molecule has 0 aliphatic rings. The average Bonchev–Trinajstić information content (AvgIpc) is 2.22. The molecule has 0 saturated heterocycles. The Morgan fingerprint density at radius 1 is 1.44 bits per heavy atom. The number of halogens is 2. The number of rotatable bonds is 5. The smallest absolute Gasteiger partial charge is 0.242 e. The molecule has 0 heterocycles. The Morgan fingerprint density at radius 3 is 2.50 bits per heavy atom. The van der Waals surface area contributed by atoms with E-state index in [1.165, 1.54) is 18.2 Å². The van der Waals surface area contributed by atoms with Crippen molar-refractivity contribution in [3.8, 4) is 0 Å². The van der Waals surface area contributed by atoms with Gasteiger partial charge >= 0.3 is 0 Å². The minimum atomic E-state index is -3.67. The van der Waals surface area contributed by atoms with Crippen LogP contribution in [0.15, 0.2) is 18.2 Å². The SMILES string of the molecule is CCC(C(N)=S)S(=O)(=O)Nc1ccc(Cl)c(Cl)c1. The fourth-order valence-corrected chi connectivity index (χ4v) is 3.56. The van der Waals surface area contributed by atoms with Crippen LogP contribution in [0.4, 0.5) is 5.69 Å². The van der Waals surface area contributed by atoms with E-state index in [2.05, 4.69) is 4.72 Å². The summed E-state index contributed by atoms with van der Waals surface area (Å²) < 4.78 is 26.4. The summed E-state index contributed by atoms with van der Waals surface area (Å²) in [4.78, 5) is -0.0648. The average molecular weight is 327 g/mol. The maximum absolute atomic E-state index is 12.0. The lowest BCUT2D eigenvalue weighted by Crippen LogP contribution is -2.37. The Morgan fingerprint density at radius 2 is 2.06 bits per heavy atom. The van der Waals surface area contributed by atoms with Gasteiger partial charge in [-0.3, -0.25) is 4.72 Å². The van der Waals surface area contributed by atoms with Gasteiger partial charge < -0.3 is 5.73 Å². The highest BCUT2D eigenvalue weighted by Gasteiger charge is 2.26. The number of nitrogens with two attached hydrogens (primary N) is 1. The van der Waals surface area contributed by atoms with E-state index in [-0.39, 0.29) is 10.0 Å². The van der Waals surface area contributed by atoms with Gasteiger partial charge in [0.2, 0.25) is 10.0 Å². The molecule has 1 rings (SSSR count). The zero-order valence-corrected chi connectivity index (χ0v) is 12.6. The zero-order valence-electron chi connectivity index (χ0n) is 9.48. The minimum Gasteiger partial charge on any atom is -0.392 e. The third-order valence-electron chi connectivity index (χ3n) is 2.24. The third-order valence-corrected chi connectivity index (χ3v) is 5.27. The lowest BCUT2D eigenvalue weighted by Gasteiger charge is -2.16. The van der Waals surface area contributed by atoms with Gasteiger partial charge in [0.1, 0.15) is 5.25 Å². The quantitative estimate of drug-likeness (QED) is 0.816. The van der Waals surface area contributed by atoms with Crippen molar-refractivity contribution >= 4 is 56.1 Å². The lowest BCUT2D eigenvalue weighted by molar-refractivity contribution is 0.594. The molecule has 1 unspecified atom stereocenters. The molecule has 8 heteroatoms. The van der Waals surface area contributed by atoms with Crippen molar-refractivity contribution in [2.45, 2.75) is 18.6 Å². The van der Waals surface area contributed by atoms with Gasteiger partial charge in [-0.25, -0.2) is 8.42 Å². The zero-order chi connectivity index (χ0) is 13.9. The van der Waals surface area contributed by atoms with E-state index in [1.807, 2.05) is 0 Å². The predicted molar refractivity (Wildman–Crippen MR) is 79.9 cm³/mol. The number of benzene rings is 1. The standard InChI is InChI=1S/C10H12Cl2N2O2S2/c1-2-9(10(13)17)18(15,16)14-6-3-4-7(11)8(12)5-6/h3-5,9,14H,2H2,1H3,(H2,13,17). The highest BCUT2D eigenvalue weighted by Crippen LogP contribution is 2.26. The molecule has 1 aromatic carbocycles. The molecule has 100 valence electrons. The monoisotopic (exact) mass is 326 g/mol. The summed E-state index contributed by atoms with van der Waals surface area (Å²) >= 11 is 16.3. The Labute approximate surface area is 122 Å². The van der Waals surface area contributed by atoms with E-state index in [9.17, 15) is 8.42 Å². The number of anilines is 1. The number of sulfonamides is 1. The molecule has 18 heavy (non-hydrogen) atoms. The van der Waals surface area contributed by atoms with Crippen LogP contribution in [0.1, 0.15) is 13.3 Å². The van der Waals surface area contributed by atoms with Crippen LogP contribution in [0, 0.1) is 0 Å². The molecule has 0 saturated carbocycles. The molecule has 0 amide bonds. The minimum absolute atomic E-state index is 0.0648. The molecule has 0 aliphatic heterocycles. The summed E-state index contributed by atoms with van der Waals surface area (Å²) in [7, 11) is -3.67. The topological polar surface area (TPSA) is 72.2 Å². The number of hydrogen-bond donors (Lipinski definition) is 2. The van der Waals surface area contributed by atoms with Gasteiger partial charge in [0, 0.05) is 0 Å². The van der Waals surface area contributed by atoms with Gasteiger partial charge in [-0.1, -0.05) is 42.3 Å². The molecule has 4 nitrogen and oxygen atoms in total. The van der Waals surface area contributed by atoms with Crippen LogP contribution in [0.25, 0.3) is 0 Å². The van der Waals surface area contributed by atoms with Crippen LogP contribution in [0.2, 0.25) is 10.0 Å². The van der Waals surface area contributed by atoms with Crippen molar-refractivity contribution in [1.29, 1.82) is 0 Å². The first-order valence-corrected chi connectivity index (χ1v) is 7.75. The van der Waals surface area contributed by atoms with Crippen LogP contribution in [0.5, 0.6) is 0 Å². The van der Waals surface area contributed by atoms with E-state index in [4.69, 9.17) is 41.2 Å². The second kappa shape index (κ2) is 6.06. The maximum Gasteiger partial charge on any atom is 0.242 e. The highest BCUT2D eigenvalue weighted by atomic mass is 35.5. The fourth-order valence-electron chi connectivity index (χ4n) is 1.37. The second-order valence-corrected chi connectivity index (χ2v) is 6.72. The van der Waals surface area contributed by atoms with Crippen LogP contribution >= 0.6 is 35.4 Å². The summed E-state index contributed by atoms with van der Waals surface area (Å²) in [6, 6.07) is 4.44. The van der Waals surface area contributed by atoms with Gasteiger partial charge in [0.15, 0.2) is 0 Å². The predicted octanol–water partition coefficient (Wildman–Crippen LogP) is 2.80. The third kappa shape index (κ3) is 3.71. The molecule has 1 aromatic rings. The van der Waals surface area contributed by atoms with E-state index >= 15 is 0 Å². The van der Waals surface area contributed by atoms with Crippen LogP contribution in [0.3, 0.4) is 0 Å². The molecule has 0 aromatic heterocycles. The summed E-state index contributed by atoms with van der Waals surface area (Å²) in [6.07, 6.45) is 0.298. The molecular weight excluding hydrogens is 315 g/mol. The number of nitrogens with one attached hydrogen (secondary N) is 1. The van der Waals surface area contributed by atoms with Gasteiger partial charge in [-0.05, 0) is 24.6 Å². The van der Waals surface area contributed by atoms with Gasteiger partial charge in [0.25, 0.3) is 0 Å². The van der Waals surface area contributed by atoms with Gasteiger partial charge in [-0.2, -0.15) is 0 Å². The molecule has 3 N–H and O–H groups in total. The van der Waals surface area contributed by atoms with E-state index in [0.29, 0.717) is 17.1 Å². The van der Waals surface area contributed by atoms with Crippen LogP contribution in [-0.4, -0.2) is 18.7 Å². The Hall–Kier alpha value is -0.560. The largest absolute Gasteiger partial charge is 0.392 e. The van der Waals surface area contributed by atoms with Crippen molar-refractivity contribution in [2.24, 2.45) is 5.73 Å². The summed E-state index contributed by atoms with van der Waals surface area (Å²) in [5.74, 6) is 0. The van der Waals surface area contributed by atoms with E-state index in [0.717, 1.165) is 0 Å². The Balaban J connectivity index is 3.01. The van der Waals surface area contributed by atoms with Crippen molar-refractivity contribution in [2.75, 3.05) is 4.72 Å². The van der Waals surface area contributed by atoms with Crippen molar-refractivity contribution in [3.63, 3.8) is 0 Å². The molecule has 0 spiro atoms. The summed E-state index contributed by atoms with van der Waals surface area (Å²) in [6.45, 7) is 1.69. The Kier molecular flexibility index (Phi) is 5.21. The second-order valence-electron chi connectivity index (χ2n) is 3.58. The normalized spacial score (nSPS) is 13.1.